The van der Waals surface area contributed by atoms with Crippen LogP contribution in [-0.4, -0.2) is 15.9 Å². The number of nitrogens with zero attached hydrogens (tertiary/aromatic N) is 3. The number of anilines is 2. The monoisotopic (exact) mass is 482 g/mol. The number of pyridine rings is 2. The summed E-state index contributed by atoms with van der Waals surface area (Å²) < 4.78 is 19.0. The molecule has 1 atom stereocenters. The van der Waals surface area contributed by atoms with E-state index >= 15 is 0 Å². The average Bonchev–Trinajstić information content (AvgIpc) is 2.88. The Morgan fingerprint density at radius 3 is 2.53 bits per heavy atom. The summed E-state index contributed by atoms with van der Waals surface area (Å²) in [6.07, 6.45) is 2.97. The fourth-order valence-electron chi connectivity index (χ4n) is 3.44. The number of aromatic nitrogens is 2. The summed E-state index contributed by atoms with van der Waals surface area (Å²) in [7, 11) is 0. The first-order valence-corrected chi connectivity index (χ1v) is 11.1. The van der Waals surface area contributed by atoms with Gasteiger partial charge in [0, 0.05) is 25.0 Å². The lowest BCUT2D eigenvalue weighted by Gasteiger charge is -2.16. The van der Waals surface area contributed by atoms with Crippen LogP contribution in [0.1, 0.15) is 40.0 Å². The van der Waals surface area contributed by atoms with E-state index in [0.717, 1.165) is 11.1 Å². The van der Waals surface area contributed by atoms with Gasteiger partial charge in [0.2, 0.25) is 0 Å². The summed E-state index contributed by atoms with van der Waals surface area (Å²) >= 11 is 0. The molecule has 0 saturated heterocycles. The maximum Gasteiger partial charge on any atom is 0.255 e. The van der Waals surface area contributed by atoms with E-state index in [1.54, 1.807) is 37.4 Å². The number of nitriles is 1. The van der Waals surface area contributed by atoms with Crippen LogP contribution in [0, 0.1) is 17.1 Å². The van der Waals surface area contributed by atoms with Crippen molar-refractivity contribution < 1.29 is 13.9 Å². The molecule has 0 aliphatic heterocycles. The Morgan fingerprint density at radius 2 is 1.83 bits per heavy atom. The SMILES string of the molecule is CC(NC(=O)c1cc(C#N)cnc1NCc1ccc(Oc2ccnc(N)c2)cc1)c1ccc(F)cc1. The number of ether oxygens (including phenoxy) is 1. The molecule has 4 rings (SSSR count). The maximum absolute atomic E-state index is 13.2. The molecule has 9 heteroatoms. The van der Waals surface area contributed by atoms with Crippen molar-refractivity contribution in [3.63, 3.8) is 0 Å². The fourth-order valence-corrected chi connectivity index (χ4v) is 3.44. The molecule has 0 bridgehead atoms. The van der Waals surface area contributed by atoms with Gasteiger partial charge >= 0.3 is 0 Å². The molecular formula is C27H23FN6O2. The van der Waals surface area contributed by atoms with Gasteiger partial charge in [-0.25, -0.2) is 14.4 Å². The second kappa shape index (κ2) is 11.0. The summed E-state index contributed by atoms with van der Waals surface area (Å²) in [5, 5.41) is 15.3. The molecule has 0 aliphatic rings. The minimum atomic E-state index is -0.403. The number of hydrogen-bond donors (Lipinski definition) is 3. The lowest BCUT2D eigenvalue weighted by Crippen LogP contribution is -2.28. The molecule has 0 spiro atoms. The van der Waals surface area contributed by atoms with Crippen LogP contribution in [0.5, 0.6) is 11.5 Å². The van der Waals surface area contributed by atoms with E-state index in [9.17, 15) is 14.4 Å². The molecule has 0 aliphatic carbocycles. The highest BCUT2D eigenvalue weighted by Gasteiger charge is 2.17. The van der Waals surface area contributed by atoms with Crippen LogP contribution in [0.2, 0.25) is 0 Å². The minimum Gasteiger partial charge on any atom is -0.457 e. The van der Waals surface area contributed by atoms with Crippen molar-refractivity contribution in [2.45, 2.75) is 19.5 Å². The summed E-state index contributed by atoms with van der Waals surface area (Å²) in [4.78, 5) is 21.2. The van der Waals surface area contributed by atoms with Gasteiger partial charge < -0.3 is 21.1 Å². The van der Waals surface area contributed by atoms with Gasteiger partial charge in [-0.15, -0.1) is 0 Å². The first kappa shape index (κ1) is 24.2. The Bertz CT molecular complexity index is 1400. The number of rotatable bonds is 8. The van der Waals surface area contributed by atoms with Gasteiger partial charge in [0.15, 0.2) is 0 Å². The number of benzene rings is 2. The third-order valence-corrected chi connectivity index (χ3v) is 5.35. The quantitative estimate of drug-likeness (QED) is 0.324. The van der Waals surface area contributed by atoms with Crippen LogP contribution in [0.3, 0.4) is 0 Å². The molecule has 2 heterocycles. The molecule has 4 N–H and O–H groups in total. The highest BCUT2D eigenvalue weighted by molar-refractivity contribution is 5.99. The summed E-state index contributed by atoms with van der Waals surface area (Å²) in [5.41, 5.74) is 7.85. The second-order valence-electron chi connectivity index (χ2n) is 7.99. The van der Waals surface area contributed by atoms with Crippen LogP contribution < -0.4 is 21.1 Å². The molecule has 180 valence electrons. The number of amides is 1. The van der Waals surface area contributed by atoms with E-state index in [4.69, 9.17) is 10.5 Å². The summed E-state index contributed by atoms with van der Waals surface area (Å²) in [5.74, 6) is 1.17. The van der Waals surface area contributed by atoms with Crippen molar-refractivity contribution in [3.8, 4) is 17.6 Å². The van der Waals surface area contributed by atoms with Crippen molar-refractivity contribution in [3.05, 3.63) is 107 Å². The Kier molecular flexibility index (Phi) is 7.36. The average molecular weight is 483 g/mol. The molecule has 8 nitrogen and oxygen atoms in total. The van der Waals surface area contributed by atoms with Crippen LogP contribution in [0.4, 0.5) is 16.0 Å². The van der Waals surface area contributed by atoms with Crippen LogP contribution in [0.15, 0.2) is 79.1 Å². The van der Waals surface area contributed by atoms with Crippen LogP contribution >= 0.6 is 0 Å². The van der Waals surface area contributed by atoms with Gasteiger partial charge in [0.1, 0.15) is 35.0 Å². The molecule has 36 heavy (non-hydrogen) atoms. The number of nitrogens with two attached hydrogens (primary N) is 1. The predicted molar refractivity (Wildman–Crippen MR) is 134 cm³/mol. The molecular weight excluding hydrogens is 459 g/mol. The third kappa shape index (κ3) is 6.12. The first-order chi connectivity index (χ1) is 17.4. The van der Waals surface area contributed by atoms with Gasteiger partial charge in [-0.3, -0.25) is 4.79 Å². The number of nitrogens with one attached hydrogen (secondary N) is 2. The molecule has 1 amide bonds. The number of carbonyl (C=O) groups excluding carboxylic acids is 1. The molecule has 1 unspecified atom stereocenters. The number of hydrogen-bond acceptors (Lipinski definition) is 7. The Balaban J connectivity index is 1.44. The molecule has 0 radical (unpaired) electrons. The van der Waals surface area contributed by atoms with Gasteiger partial charge in [-0.05, 0) is 54.4 Å². The third-order valence-electron chi connectivity index (χ3n) is 5.35. The molecule has 4 aromatic rings. The molecule has 2 aromatic carbocycles. The fraction of sp³-hybridized carbons (Fsp3) is 0.111. The number of halogens is 1. The van der Waals surface area contributed by atoms with E-state index in [0.29, 0.717) is 29.7 Å². The van der Waals surface area contributed by atoms with Crippen molar-refractivity contribution in [1.82, 2.24) is 15.3 Å². The van der Waals surface area contributed by atoms with E-state index < -0.39 is 5.91 Å². The Hall–Kier alpha value is -4.97. The highest BCUT2D eigenvalue weighted by Crippen LogP contribution is 2.23. The smallest absolute Gasteiger partial charge is 0.255 e. The topological polar surface area (TPSA) is 126 Å². The Labute approximate surface area is 207 Å². The zero-order valence-electron chi connectivity index (χ0n) is 19.4. The summed E-state index contributed by atoms with van der Waals surface area (Å²) in [6, 6.07) is 19.8. The lowest BCUT2D eigenvalue weighted by molar-refractivity contribution is 0.0940. The molecule has 2 aromatic heterocycles. The second-order valence-corrected chi connectivity index (χ2v) is 7.99. The Morgan fingerprint density at radius 1 is 1.08 bits per heavy atom. The zero-order valence-corrected chi connectivity index (χ0v) is 19.4. The van der Waals surface area contributed by atoms with Gasteiger partial charge in [-0.2, -0.15) is 5.26 Å². The number of nitrogen functional groups attached to an aromatic ring is 1. The van der Waals surface area contributed by atoms with Crippen molar-refractivity contribution in [2.24, 2.45) is 0 Å². The number of carbonyl (C=O) groups is 1. The van der Waals surface area contributed by atoms with E-state index in [-0.39, 0.29) is 23.0 Å². The maximum atomic E-state index is 13.2. The zero-order chi connectivity index (χ0) is 25.5. The molecule has 0 saturated carbocycles. The summed E-state index contributed by atoms with van der Waals surface area (Å²) in [6.45, 7) is 2.18. The standard InChI is InChI=1S/C27H23FN6O2/c1-17(20-4-6-21(28)7-5-20)34-27(35)24-12-19(14-29)16-33-26(24)32-15-18-2-8-22(9-3-18)36-23-10-11-31-25(30)13-23/h2-13,16-17H,15H2,1H3,(H2,30,31)(H,32,33)(H,34,35). The van der Waals surface area contributed by atoms with Crippen LogP contribution in [-0.2, 0) is 6.54 Å². The first-order valence-electron chi connectivity index (χ1n) is 11.1. The largest absolute Gasteiger partial charge is 0.457 e. The minimum absolute atomic E-state index is 0.234. The van der Waals surface area contributed by atoms with Crippen molar-refractivity contribution >= 4 is 17.5 Å². The lowest BCUT2D eigenvalue weighted by atomic mass is 10.1. The van der Waals surface area contributed by atoms with Gasteiger partial charge in [0.05, 0.1) is 17.2 Å². The van der Waals surface area contributed by atoms with Gasteiger partial charge in [0.25, 0.3) is 5.91 Å². The predicted octanol–water partition coefficient (Wildman–Crippen LogP) is 4.96. The van der Waals surface area contributed by atoms with Gasteiger partial charge in [-0.1, -0.05) is 24.3 Å². The van der Waals surface area contributed by atoms with E-state index in [1.807, 2.05) is 30.3 Å². The van der Waals surface area contributed by atoms with Crippen LogP contribution in [0.25, 0.3) is 0 Å². The van der Waals surface area contributed by atoms with Crippen molar-refractivity contribution in [2.75, 3.05) is 11.1 Å². The van der Waals surface area contributed by atoms with E-state index in [2.05, 4.69) is 20.6 Å². The highest BCUT2D eigenvalue weighted by atomic mass is 19.1. The van der Waals surface area contributed by atoms with Crippen molar-refractivity contribution in [1.29, 1.82) is 5.26 Å². The van der Waals surface area contributed by atoms with E-state index in [1.165, 1.54) is 24.4 Å². The molecule has 0 fully saturated rings. The normalized spacial score (nSPS) is 11.2.